The first-order valence-corrected chi connectivity index (χ1v) is 13.0. The molecule has 0 saturated carbocycles. The predicted molar refractivity (Wildman–Crippen MR) is 148 cm³/mol. The van der Waals surface area contributed by atoms with Gasteiger partial charge >= 0.3 is 0 Å². The van der Waals surface area contributed by atoms with E-state index >= 15 is 0 Å². The molecule has 0 unspecified atom stereocenters. The van der Waals surface area contributed by atoms with Gasteiger partial charge in [0.25, 0.3) is 0 Å². The van der Waals surface area contributed by atoms with Crippen LogP contribution in [0.15, 0.2) is 42.5 Å². The third-order valence-electron chi connectivity index (χ3n) is 7.50. The Morgan fingerprint density at radius 1 is 0.973 bits per heavy atom. The number of rotatable bonds is 6. The predicted octanol–water partition coefficient (Wildman–Crippen LogP) is 5.89. The third kappa shape index (κ3) is 4.40. The first kappa shape index (κ1) is 25.4. The maximum absolute atomic E-state index is 11.4. The second kappa shape index (κ2) is 9.88. The van der Waals surface area contributed by atoms with Crippen molar-refractivity contribution in [3.8, 4) is 17.2 Å². The number of aryl methyl sites for hydroxylation is 3. The van der Waals surface area contributed by atoms with Crippen LogP contribution >= 0.6 is 11.6 Å². The highest BCUT2D eigenvalue weighted by atomic mass is 35.5. The molecule has 0 aliphatic carbocycles. The van der Waals surface area contributed by atoms with Gasteiger partial charge in [-0.2, -0.15) is 5.10 Å². The van der Waals surface area contributed by atoms with E-state index in [4.69, 9.17) is 21.1 Å². The van der Waals surface area contributed by atoms with Gasteiger partial charge in [0.15, 0.2) is 5.82 Å². The van der Waals surface area contributed by atoms with Gasteiger partial charge in [0, 0.05) is 46.3 Å². The van der Waals surface area contributed by atoms with Gasteiger partial charge < -0.3 is 24.0 Å². The van der Waals surface area contributed by atoms with Gasteiger partial charge in [-0.15, -0.1) is 5.10 Å². The van der Waals surface area contributed by atoms with Crippen LogP contribution in [0.25, 0.3) is 16.5 Å². The molecule has 0 amide bonds. The van der Waals surface area contributed by atoms with Gasteiger partial charge in [-0.3, -0.25) is 0 Å². The van der Waals surface area contributed by atoms with Crippen molar-refractivity contribution in [3.05, 3.63) is 70.1 Å². The van der Waals surface area contributed by atoms with E-state index in [2.05, 4.69) is 33.5 Å². The van der Waals surface area contributed by atoms with E-state index in [1.165, 1.54) is 0 Å². The number of piperidine rings is 1. The van der Waals surface area contributed by atoms with Crippen LogP contribution in [0.1, 0.15) is 42.4 Å². The van der Waals surface area contributed by atoms with Crippen molar-refractivity contribution in [1.82, 2.24) is 14.8 Å². The van der Waals surface area contributed by atoms with E-state index in [0.717, 1.165) is 56.4 Å². The smallest absolute Gasteiger partial charge is 0.161 e. The van der Waals surface area contributed by atoms with Crippen molar-refractivity contribution in [2.75, 3.05) is 31.7 Å². The zero-order chi connectivity index (χ0) is 26.3. The lowest BCUT2D eigenvalue weighted by atomic mass is 9.84. The van der Waals surface area contributed by atoms with E-state index in [0.29, 0.717) is 37.6 Å². The minimum atomic E-state index is -0.884. The highest BCUT2D eigenvalue weighted by Crippen LogP contribution is 2.41. The summed E-state index contributed by atoms with van der Waals surface area (Å²) in [5.74, 6) is 2.36. The van der Waals surface area contributed by atoms with Crippen molar-refractivity contribution in [2.45, 2.75) is 46.1 Å². The third-order valence-corrected chi connectivity index (χ3v) is 7.75. The minimum absolute atomic E-state index is 0.594. The van der Waals surface area contributed by atoms with Gasteiger partial charge in [0.2, 0.25) is 0 Å². The minimum Gasteiger partial charge on any atom is -0.494 e. The highest BCUT2D eigenvalue weighted by molar-refractivity contribution is 6.30. The van der Waals surface area contributed by atoms with Gasteiger partial charge in [0.1, 0.15) is 11.5 Å². The Balaban J connectivity index is 1.55. The van der Waals surface area contributed by atoms with Crippen LogP contribution in [-0.2, 0) is 5.60 Å². The van der Waals surface area contributed by atoms with Gasteiger partial charge in [-0.25, -0.2) is 0 Å². The van der Waals surface area contributed by atoms with Crippen LogP contribution in [0.4, 0.5) is 5.82 Å². The summed E-state index contributed by atoms with van der Waals surface area (Å²) < 4.78 is 13.7. The van der Waals surface area contributed by atoms with Crippen LogP contribution in [0.5, 0.6) is 11.5 Å². The summed E-state index contributed by atoms with van der Waals surface area (Å²) in [5.41, 5.74) is 4.00. The molecule has 5 rings (SSSR count). The first-order valence-electron chi connectivity index (χ1n) is 12.7. The normalized spacial score (nSPS) is 15.3. The maximum Gasteiger partial charge on any atom is 0.161 e. The highest BCUT2D eigenvalue weighted by Gasteiger charge is 2.35. The summed E-state index contributed by atoms with van der Waals surface area (Å²) in [6.07, 6.45) is 1.19. The fraction of sp³-hybridized carbons (Fsp3) is 0.379. The molecule has 0 bridgehead atoms. The number of anilines is 1. The van der Waals surface area contributed by atoms with Crippen LogP contribution in [0.2, 0.25) is 5.02 Å². The van der Waals surface area contributed by atoms with Crippen LogP contribution < -0.4 is 14.4 Å². The Morgan fingerprint density at radius 2 is 1.65 bits per heavy atom. The molecule has 0 atom stereocenters. The van der Waals surface area contributed by atoms with Crippen molar-refractivity contribution in [1.29, 1.82) is 0 Å². The molecule has 1 fully saturated rings. The Hall–Kier alpha value is -3.29. The average Bonchev–Trinajstić information content (AvgIpc) is 3.16. The van der Waals surface area contributed by atoms with Crippen molar-refractivity contribution >= 4 is 28.2 Å². The molecule has 1 saturated heterocycles. The number of fused-ring (bicyclic) bond motifs is 1. The number of aliphatic hydroxyl groups is 1. The number of ether oxygens (including phenoxy) is 2. The molecule has 37 heavy (non-hydrogen) atoms. The molecule has 0 spiro atoms. The second-order valence-corrected chi connectivity index (χ2v) is 10.1. The average molecular weight is 521 g/mol. The Kier molecular flexibility index (Phi) is 6.77. The summed E-state index contributed by atoms with van der Waals surface area (Å²) >= 11 is 6.06. The summed E-state index contributed by atoms with van der Waals surface area (Å²) in [5, 5.41) is 23.4. The lowest BCUT2D eigenvalue weighted by Crippen LogP contribution is -2.43. The molecule has 194 valence electrons. The number of aromatic nitrogens is 3. The molecule has 7 nitrogen and oxygen atoms in total. The number of benzene rings is 2. The largest absolute Gasteiger partial charge is 0.494 e. The van der Waals surface area contributed by atoms with Crippen LogP contribution in [0, 0.1) is 20.8 Å². The topological polar surface area (TPSA) is 72.6 Å². The van der Waals surface area contributed by atoms with Crippen molar-refractivity contribution in [3.63, 3.8) is 0 Å². The number of halogens is 1. The zero-order valence-electron chi connectivity index (χ0n) is 22.0. The Morgan fingerprint density at radius 3 is 2.30 bits per heavy atom. The summed E-state index contributed by atoms with van der Waals surface area (Å²) in [7, 11) is 1.68. The lowest BCUT2D eigenvalue weighted by molar-refractivity contribution is 0.0117. The van der Waals surface area contributed by atoms with Gasteiger partial charge in [-0.1, -0.05) is 23.7 Å². The molecule has 1 N–H and O–H groups in total. The van der Waals surface area contributed by atoms with E-state index in [1.807, 2.05) is 56.3 Å². The monoisotopic (exact) mass is 520 g/mol. The van der Waals surface area contributed by atoms with E-state index in [1.54, 1.807) is 7.11 Å². The molecule has 2 aromatic carbocycles. The van der Waals surface area contributed by atoms with Gasteiger partial charge in [-0.05, 0) is 70.4 Å². The molecule has 1 aliphatic heterocycles. The molecule has 8 heteroatoms. The van der Waals surface area contributed by atoms with E-state index < -0.39 is 5.60 Å². The van der Waals surface area contributed by atoms with Crippen molar-refractivity contribution in [2.24, 2.45) is 0 Å². The number of hydrogen-bond donors (Lipinski definition) is 1. The SMILES string of the molecule is CCOc1ccc(-n2c(C)c3c(C)nnc(N4CCC(O)(c5ccc(Cl)cc5)CC4)c3c2C)c(OC)c1. The molecule has 1 aliphatic rings. The first-order chi connectivity index (χ1) is 17.8. The second-order valence-electron chi connectivity index (χ2n) is 9.66. The lowest BCUT2D eigenvalue weighted by Gasteiger charge is -2.39. The van der Waals surface area contributed by atoms with Crippen molar-refractivity contribution < 1.29 is 14.6 Å². The standard InChI is InChI=1S/C29H33ClN4O3/c1-6-37-23-11-12-24(25(17-23)36-5)34-19(3)26-18(2)31-32-28(27(26)20(34)4)33-15-13-29(35,14-16-33)21-7-9-22(30)10-8-21/h7-12,17,35H,6,13-16H2,1-5H3. The molecule has 0 radical (unpaired) electrons. The molecule has 2 aromatic heterocycles. The number of nitrogens with zero attached hydrogens (tertiary/aromatic N) is 4. The maximum atomic E-state index is 11.4. The molecular weight excluding hydrogens is 488 g/mol. The van der Waals surface area contributed by atoms with Crippen LogP contribution in [-0.4, -0.2) is 46.7 Å². The molecule has 3 heterocycles. The fourth-order valence-electron chi connectivity index (χ4n) is 5.59. The number of hydrogen-bond acceptors (Lipinski definition) is 6. The Labute approximate surface area is 222 Å². The zero-order valence-corrected chi connectivity index (χ0v) is 22.8. The van der Waals surface area contributed by atoms with Crippen LogP contribution in [0.3, 0.4) is 0 Å². The summed E-state index contributed by atoms with van der Waals surface area (Å²) in [4.78, 5) is 2.24. The summed E-state index contributed by atoms with van der Waals surface area (Å²) in [6, 6.07) is 13.4. The molecular formula is C29H33ClN4O3. The molecule has 4 aromatic rings. The quantitative estimate of drug-likeness (QED) is 0.341. The summed E-state index contributed by atoms with van der Waals surface area (Å²) in [6.45, 7) is 10.1. The Bertz CT molecular complexity index is 1440. The van der Waals surface area contributed by atoms with E-state index in [9.17, 15) is 5.11 Å². The number of methoxy groups -OCH3 is 1. The van der Waals surface area contributed by atoms with E-state index in [-0.39, 0.29) is 0 Å². The fourth-order valence-corrected chi connectivity index (χ4v) is 5.72. The van der Waals surface area contributed by atoms with Gasteiger partial charge in [0.05, 0.1) is 30.7 Å².